The second-order valence-electron chi connectivity index (χ2n) is 5.86. The first-order valence-electron chi connectivity index (χ1n) is 7.60. The van der Waals surface area contributed by atoms with Crippen LogP contribution < -0.4 is 5.32 Å². The number of likely N-dealkylation sites (tertiary alicyclic amines) is 1. The minimum Gasteiger partial charge on any atom is -0.387 e. The van der Waals surface area contributed by atoms with Crippen molar-refractivity contribution in [3.63, 3.8) is 0 Å². The van der Waals surface area contributed by atoms with Gasteiger partial charge in [0.1, 0.15) is 5.82 Å². The molecular weight excluding hydrogens is 291 g/mol. The number of nitrogens with zero attached hydrogens (tertiary/aromatic N) is 1. The number of hydrogen-bond acceptors (Lipinski definition) is 3. The number of piperidine rings is 1. The predicted octanol–water partition coefficient (Wildman–Crippen LogP) is 2.83. The summed E-state index contributed by atoms with van der Waals surface area (Å²) in [4.78, 5) is 2.44. The minimum atomic E-state index is -0.715. The Morgan fingerprint density at radius 2 is 2.29 bits per heavy atom. The van der Waals surface area contributed by atoms with E-state index in [-0.39, 0.29) is 5.02 Å². The predicted molar refractivity (Wildman–Crippen MR) is 84.1 cm³/mol. The van der Waals surface area contributed by atoms with Crippen molar-refractivity contribution in [2.24, 2.45) is 5.92 Å². The van der Waals surface area contributed by atoms with Crippen molar-refractivity contribution >= 4 is 11.6 Å². The Morgan fingerprint density at radius 3 is 2.90 bits per heavy atom. The van der Waals surface area contributed by atoms with Crippen LogP contribution in [0, 0.1) is 11.7 Å². The molecule has 5 heteroatoms. The average molecular weight is 315 g/mol. The quantitative estimate of drug-likeness (QED) is 0.877. The number of benzene rings is 1. The van der Waals surface area contributed by atoms with Gasteiger partial charge in [-0.2, -0.15) is 0 Å². The van der Waals surface area contributed by atoms with Crippen molar-refractivity contribution in [2.75, 3.05) is 26.2 Å². The lowest BCUT2D eigenvalue weighted by molar-refractivity contribution is 0.127. The highest BCUT2D eigenvalue weighted by Gasteiger charge is 2.25. The van der Waals surface area contributed by atoms with Gasteiger partial charge in [0.2, 0.25) is 0 Å². The molecule has 118 valence electrons. The molecule has 0 aromatic heterocycles. The molecule has 0 bridgehead atoms. The summed E-state index contributed by atoms with van der Waals surface area (Å²) in [6.07, 6.45) is 0.365. The number of aliphatic hydroxyl groups excluding tert-OH is 1. The topological polar surface area (TPSA) is 35.5 Å². The number of halogens is 2. The Hall–Kier alpha value is -0.680. The molecule has 0 spiro atoms. The van der Waals surface area contributed by atoms with E-state index < -0.39 is 11.9 Å². The van der Waals surface area contributed by atoms with E-state index in [2.05, 4.69) is 24.1 Å². The molecule has 2 rings (SSSR count). The third kappa shape index (κ3) is 4.39. The van der Waals surface area contributed by atoms with Gasteiger partial charge in [0.15, 0.2) is 0 Å². The maximum atomic E-state index is 13.4. The number of hydrogen-bond donors (Lipinski definition) is 2. The van der Waals surface area contributed by atoms with Crippen LogP contribution in [0.4, 0.5) is 4.39 Å². The fourth-order valence-electron chi connectivity index (χ4n) is 2.92. The summed E-state index contributed by atoms with van der Waals surface area (Å²) in [5.74, 6) is 0.0608. The van der Waals surface area contributed by atoms with E-state index in [1.807, 2.05) is 0 Å². The van der Waals surface area contributed by atoms with Crippen LogP contribution in [-0.2, 0) is 0 Å². The van der Waals surface area contributed by atoms with Crippen LogP contribution in [0.15, 0.2) is 18.2 Å². The van der Waals surface area contributed by atoms with E-state index in [0.717, 1.165) is 26.1 Å². The zero-order chi connectivity index (χ0) is 15.4. The molecule has 3 atom stereocenters. The third-order valence-electron chi connectivity index (χ3n) is 4.34. The molecule has 1 fully saturated rings. The molecule has 3 nitrogen and oxygen atoms in total. The van der Waals surface area contributed by atoms with E-state index in [1.165, 1.54) is 12.1 Å². The van der Waals surface area contributed by atoms with Gasteiger partial charge in [-0.25, -0.2) is 4.39 Å². The van der Waals surface area contributed by atoms with Crippen LogP contribution >= 0.6 is 11.6 Å². The highest BCUT2D eigenvalue weighted by Crippen LogP contribution is 2.21. The maximum absolute atomic E-state index is 13.4. The van der Waals surface area contributed by atoms with Crippen LogP contribution in [0.2, 0.25) is 5.02 Å². The van der Waals surface area contributed by atoms with Crippen LogP contribution in [0.3, 0.4) is 0 Å². The molecule has 2 N–H and O–H groups in total. The maximum Gasteiger partial charge on any atom is 0.142 e. The lowest BCUT2D eigenvalue weighted by Crippen LogP contribution is -2.49. The number of nitrogens with one attached hydrogen (secondary N) is 1. The highest BCUT2D eigenvalue weighted by molar-refractivity contribution is 6.30. The van der Waals surface area contributed by atoms with Gasteiger partial charge in [-0.3, -0.25) is 0 Å². The average Bonchev–Trinajstić information content (AvgIpc) is 2.48. The van der Waals surface area contributed by atoms with Gasteiger partial charge in [0, 0.05) is 19.1 Å². The first-order valence-corrected chi connectivity index (χ1v) is 7.97. The molecule has 0 amide bonds. The van der Waals surface area contributed by atoms with Gasteiger partial charge in [-0.1, -0.05) is 31.5 Å². The van der Waals surface area contributed by atoms with Crippen molar-refractivity contribution < 1.29 is 9.50 Å². The first kappa shape index (κ1) is 16.7. The normalized spacial score (nSPS) is 25.0. The molecule has 1 aliphatic rings. The van der Waals surface area contributed by atoms with Crippen molar-refractivity contribution in [3.05, 3.63) is 34.6 Å². The first-order chi connectivity index (χ1) is 10.0. The molecule has 1 aromatic carbocycles. The third-order valence-corrected chi connectivity index (χ3v) is 4.64. The fraction of sp³-hybridized carbons (Fsp3) is 0.625. The van der Waals surface area contributed by atoms with Gasteiger partial charge in [-0.15, -0.1) is 0 Å². The summed E-state index contributed by atoms with van der Waals surface area (Å²) < 4.78 is 13.4. The van der Waals surface area contributed by atoms with E-state index in [0.29, 0.717) is 24.1 Å². The van der Waals surface area contributed by atoms with Gasteiger partial charge >= 0.3 is 0 Å². The summed E-state index contributed by atoms with van der Waals surface area (Å²) >= 11 is 5.65. The SMILES string of the molecule is CCN1CCC(NCC(O)c2ccc(Cl)c(F)c2)C(C)C1. The second kappa shape index (κ2) is 7.54. The fourth-order valence-corrected chi connectivity index (χ4v) is 3.04. The van der Waals surface area contributed by atoms with Crippen molar-refractivity contribution in [1.82, 2.24) is 10.2 Å². The van der Waals surface area contributed by atoms with Crippen molar-refractivity contribution in [1.29, 1.82) is 0 Å². The monoisotopic (exact) mass is 314 g/mol. The molecule has 0 aliphatic carbocycles. The summed E-state index contributed by atoms with van der Waals surface area (Å²) in [5.41, 5.74) is 0.558. The lowest BCUT2D eigenvalue weighted by atomic mass is 9.93. The summed E-state index contributed by atoms with van der Waals surface area (Å²) in [7, 11) is 0. The van der Waals surface area contributed by atoms with Gasteiger partial charge in [0.25, 0.3) is 0 Å². The number of aliphatic hydroxyl groups is 1. The molecular formula is C16H24ClFN2O. The van der Waals surface area contributed by atoms with E-state index in [9.17, 15) is 9.50 Å². The molecule has 1 aliphatic heterocycles. The van der Waals surface area contributed by atoms with E-state index in [4.69, 9.17) is 11.6 Å². The zero-order valence-electron chi connectivity index (χ0n) is 12.6. The second-order valence-corrected chi connectivity index (χ2v) is 6.27. The Bertz CT molecular complexity index is 472. The molecule has 3 unspecified atom stereocenters. The molecule has 21 heavy (non-hydrogen) atoms. The standard InChI is InChI=1S/C16H24ClFN2O/c1-3-20-7-6-15(11(2)10-20)19-9-16(21)12-4-5-13(17)14(18)8-12/h4-5,8,11,15-16,19,21H,3,6-7,9-10H2,1-2H3. The number of rotatable bonds is 5. The van der Waals surface area contributed by atoms with E-state index in [1.54, 1.807) is 6.07 Å². The molecule has 1 aromatic rings. The van der Waals surface area contributed by atoms with Crippen LogP contribution in [-0.4, -0.2) is 42.2 Å². The van der Waals surface area contributed by atoms with Gasteiger partial charge in [-0.05, 0) is 43.1 Å². The lowest BCUT2D eigenvalue weighted by Gasteiger charge is -2.37. The van der Waals surface area contributed by atoms with E-state index >= 15 is 0 Å². The van der Waals surface area contributed by atoms with Crippen molar-refractivity contribution in [3.8, 4) is 0 Å². The van der Waals surface area contributed by atoms with Gasteiger partial charge < -0.3 is 15.3 Å². The minimum absolute atomic E-state index is 0.0828. The van der Waals surface area contributed by atoms with Crippen LogP contribution in [0.1, 0.15) is 31.9 Å². The van der Waals surface area contributed by atoms with Gasteiger partial charge in [0.05, 0.1) is 11.1 Å². The van der Waals surface area contributed by atoms with Crippen molar-refractivity contribution in [2.45, 2.75) is 32.4 Å². The van der Waals surface area contributed by atoms with Crippen LogP contribution in [0.25, 0.3) is 0 Å². The molecule has 1 saturated heterocycles. The highest BCUT2D eigenvalue weighted by atomic mass is 35.5. The Labute approximate surface area is 131 Å². The molecule has 1 heterocycles. The summed E-state index contributed by atoms with van der Waals surface area (Å²) in [6, 6.07) is 4.86. The Balaban J connectivity index is 1.86. The summed E-state index contributed by atoms with van der Waals surface area (Å²) in [5, 5.41) is 13.7. The summed E-state index contributed by atoms with van der Waals surface area (Å²) in [6.45, 7) is 8.10. The smallest absolute Gasteiger partial charge is 0.142 e. The molecule has 0 saturated carbocycles. The Morgan fingerprint density at radius 1 is 1.52 bits per heavy atom. The Kier molecular flexibility index (Phi) is 5.99. The van der Waals surface area contributed by atoms with Crippen LogP contribution in [0.5, 0.6) is 0 Å². The zero-order valence-corrected chi connectivity index (χ0v) is 13.4. The molecule has 0 radical (unpaired) electrons. The largest absolute Gasteiger partial charge is 0.387 e.